The van der Waals surface area contributed by atoms with Gasteiger partial charge in [0, 0.05) is 6.42 Å². The third kappa shape index (κ3) is 4.52. The van der Waals surface area contributed by atoms with Gasteiger partial charge in [0.15, 0.2) is 0 Å². The lowest BCUT2D eigenvalue weighted by atomic mass is 10.0. The minimum Gasteiger partial charge on any atom is -0.469 e. The number of nitrogens with one attached hydrogen (secondary N) is 1. The molecule has 2 rings (SSSR count). The maximum atomic E-state index is 12.0. The second-order valence-electron chi connectivity index (χ2n) is 5.34. The van der Waals surface area contributed by atoms with Crippen molar-refractivity contribution in [2.75, 3.05) is 7.11 Å². The minimum absolute atomic E-state index is 0.0384. The Morgan fingerprint density at radius 2 is 2.00 bits per heavy atom. The summed E-state index contributed by atoms with van der Waals surface area (Å²) in [6, 6.07) is 7.73. The highest BCUT2D eigenvalue weighted by molar-refractivity contribution is 6.17. The van der Waals surface area contributed by atoms with Crippen molar-refractivity contribution in [1.82, 2.24) is 5.32 Å². The third-order valence-electron chi connectivity index (χ3n) is 3.53. The van der Waals surface area contributed by atoms with E-state index in [4.69, 9.17) is 0 Å². The molecule has 0 fully saturated rings. The number of para-hydroxylation sites is 1. The van der Waals surface area contributed by atoms with Crippen LogP contribution in [0.2, 0.25) is 0 Å². The van der Waals surface area contributed by atoms with Crippen LogP contribution < -0.4 is 5.32 Å². The number of rotatable bonds is 5. The number of carbonyl (C=O) groups is 2. The van der Waals surface area contributed by atoms with Crippen molar-refractivity contribution in [3.8, 4) is 0 Å². The average molecular weight is 324 g/mol. The van der Waals surface area contributed by atoms with E-state index in [9.17, 15) is 9.59 Å². The highest BCUT2D eigenvalue weighted by atomic mass is 16.5. The molecule has 0 atom stereocenters. The van der Waals surface area contributed by atoms with E-state index in [1.54, 1.807) is 12.2 Å². The maximum absolute atomic E-state index is 12.0. The number of benzene rings is 1. The molecule has 1 aromatic carbocycles. The molecule has 0 unspecified atom stereocenters. The van der Waals surface area contributed by atoms with Gasteiger partial charge < -0.3 is 10.1 Å². The highest BCUT2D eigenvalue weighted by Crippen LogP contribution is 2.22. The number of allylic oxidation sites excluding steroid dienone is 4. The maximum Gasteiger partial charge on any atom is 0.306 e. The summed E-state index contributed by atoms with van der Waals surface area (Å²) >= 11 is 0. The van der Waals surface area contributed by atoms with Crippen molar-refractivity contribution in [3.05, 3.63) is 65.9 Å². The summed E-state index contributed by atoms with van der Waals surface area (Å²) in [5.74, 6) is -0.687. The summed E-state index contributed by atoms with van der Waals surface area (Å²) in [6.45, 7) is 5.95. The fourth-order valence-corrected chi connectivity index (χ4v) is 2.16. The summed E-state index contributed by atoms with van der Waals surface area (Å²) < 4.78 is 4.54. The molecular weight excluding hydrogens is 304 g/mol. The summed E-state index contributed by atoms with van der Waals surface area (Å²) in [7, 11) is 1.30. The van der Waals surface area contributed by atoms with Gasteiger partial charge in [-0.2, -0.15) is 0 Å². The van der Waals surface area contributed by atoms with E-state index in [0.717, 1.165) is 11.3 Å². The van der Waals surface area contributed by atoms with E-state index < -0.39 is 5.97 Å². The fraction of sp³-hybridized carbons (Fsp3) is 0.211. The summed E-state index contributed by atoms with van der Waals surface area (Å²) in [5.41, 5.74) is 3.74. The number of carbonyl (C=O) groups excluding carboxylic acids is 2. The van der Waals surface area contributed by atoms with Crippen LogP contribution in [0.3, 0.4) is 0 Å². The van der Waals surface area contributed by atoms with Crippen LogP contribution in [0, 0.1) is 6.92 Å². The van der Waals surface area contributed by atoms with Crippen molar-refractivity contribution in [2.24, 2.45) is 4.99 Å². The van der Waals surface area contributed by atoms with Crippen LogP contribution in [0.25, 0.3) is 0 Å². The molecular formula is C19H20N2O3. The molecule has 0 spiro atoms. The number of ether oxygens (including phenoxy) is 1. The van der Waals surface area contributed by atoms with Crippen LogP contribution in [0.5, 0.6) is 0 Å². The summed E-state index contributed by atoms with van der Waals surface area (Å²) in [6.07, 6.45) is 5.49. The molecule has 24 heavy (non-hydrogen) atoms. The van der Waals surface area contributed by atoms with E-state index in [0.29, 0.717) is 17.0 Å². The lowest BCUT2D eigenvalue weighted by Crippen LogP contribution is -2.29. The number of methoxy groups -OCH3 is 1. The normalized spacial score (nSPS) is 15.2. The molecule has 0 radical (unpaired) electrons. The molecule has 5 heteroatoms. The molecule has 0 saturated heterocycles. The Labute approximate surface area is 141 Å². The Hall–Kier alpha value is -2.95. The van der Waals surface area contributed by atoms with Gasteiger partial charge in [0.05, 0.1) is 30.6 Å². The van der Waals surface area contributed by atoms with E-state index in [1.807, 2.05) is 37.3 Å². The Kier molecular flexibility index (Phi) is 5.84. The fourth-order valence-electron chi connectivity index (χ4n) is 2.16. The molecule has 1 N–H and O–H groups in total. The van der Waals surface area contributed by atoms with E-state index in [-0.39, 0.29) is 18.7 Å². The Balaban J connectivity index is 2.18. The van der Waals surface area contributed by atoms with E-state index in [1.165, 1.54) is 7.11 Å². The van der Waals surface area contributed by atoms with Crippen molar-refractivity contribution in [3.63, 3.8) is 0 Å². The van der Waals surface area contributed by atoms with Crippen LogP contribution >= 0.6 is 0 Å². The van der Waals surface area contributed by atoms with Gasteiger partial charge >= 0.3 is 5.97 Å². The van der Waals surface area contributed by atoms with Crippen LogP contribution in [0.1, 0.15) is 18.4 Å². The number of aryl methyl sites for hydroxylation is 1. The molecule has 0 aromatic heterocycles. The molecule has 1 aliphatic carbocycles. The molecule has 0 heterocycles. The highest BCUT2D eigenvalue weighted by Gasteiger charge is 2.16. The molecule has 0 saturated carbocycles. The predicted molar refractivity (Wildman–Crippen MR) is 94.0 cm³/mol. The molecule has 124 valence electrons. The summed E-state index contributed by atoms with van der Waals surface area (Å²) in [5, 5.41) is 2.79. The smallest absolute Gasteiger partial charge is 0.306 e. The average Bonchev–Trinajstić information content (AvgIpc) is 2.57. The zero-order chi connectivity index (χ0) is 17.5. The number of esters is 1. The van der Waals surface area contributed by atoms with Gasteiger partial charge in [-0.05, 0) is 30.2 Å². The Bertz CT molecular complexity index is 758. The Morgan fingerprint density at radius 3 is 2.71 bits per heavy atom. The molecule has 1 amide bonds. The Morgan fingerprint density at radius 1 is 1.25 bits per heavy atom. The largest absolute Gasteiger partial charge is 0.469 e. The van der Waals surface area contributed by atoms with Gasteiger partial charge in [0.2, 0.25) is 5.91 Å². The van der Waals surface area contributed by atoms with E-state index in [2.05, 4.69) is 21.6 Å². The monoisotopic (exact) mass is 324 g/mol. The van der Waals surface area contributed by atoms with Gasteiger partial charge in [-0.25, -0.2) is 4.99 Å². The molecule has 0 bridgehead atoms. The van der Waals surface area contributed by atoms with Crippen LogP contribution in [-0.4, -0.2) is 24.7 Å². The van der Waals surface area contributed by atoms with Crippen molar-refractivity contribution < 1.29 is 14.3 Å². The quantitative estimate of drug-likeness (QED) is 0.846. The van der Waals surface area contributed by atoms with Gasteiger partial charge in [0.1, 0.15) is 0 Å². The summed E-state index contributed by atoms with van der Waals surface area (Å²) in [4.78, 5) is 27.8. The first kappa shape index (κ1) is 17.4. The van der Waals surface area contributed by atoms with Gasteiger partial charge in [0.25, 0.3) is 0 Å². The first-order valence-corrected chi connectivity index (χ1v) is 7.60. The second kappa shape index (κ2) is 8.06. The molecule has 1 aromatic rings. The first-order chi connectivity index (χ1) is 11.5. The third-order valence-corrected chi connectivity index (χ3v) is 3.53. The zero-order valence-electron chi connectivity index (χ0n) is 13.8. The lowest BCUT2D eigenvalue weighted by molar-refractivity contribution is -0.142. The van der Waals surface area contributed by atoms with Crippen LogP contribution in [0.4, 0.5) is 5.69 Å². The molecule has 5 nitrogen and oxygen atoms in total. The van der Waals surface area contributed by atoms with Crippen LogP contribution in [0.15, 0.2) is 65.3 Å². The van der Waals surface area contributed by atoms with Crippen molar-refractivity contribution >= 4 is 23.3 Å². The zero-order valence-corrected chi connectivity index (χ0v) is 13.8. The predicted octanol–water partition coefficient (Wildman–Crippen LogP) is 3.15. The topological polar surface area (TPSA) is 67.8 Å². The lowest BCUT2D eigenvalue weighted by Gasteiger charge is -2.16. The van der Waals surface area contributed by atoms with Gasteiger partial charge in [-0.1, -0.05) is 36.9 Å². The van der Waals surface area contributed by atoms with E-state index >= 15 is 0 Å². The minimum atomic E-state index is -0.416. The van der Waals surface area contributed by atoms with Gasteiger partial charge in [-0.3, -0.25) is 9.59 Å². The van der Waals surface area contributed by atoms with Crippen LogP contribution in [-0.2, 0) is 14.3 Å². The first-order valence-electron chi connectivity index (χ1n) is 7.60. The molecule has 1 aliphatic rings. The number of hydrogen-bond donors (Lipinski definition) is 1. The standard InChI is InChI=1S/C19H20N2O3/c1-13-7-4-5-9-15(13)21-19-14(2)8-6-10-16(19)20-17(22)11-12-18(23)24-3/h4-10H,2,11-12H2,1,3H3,(H,20,22)/b21-19+. The van der Waals surface area contributed by atoms with Crippen molar-refractivity contribution in [2.45, 2.75) is 19.8 Å². The number of aliphatic imine (C=N–C) groups is 1. The number of nitrogens with zero attached hydrogens (tertiary/aromatic N) is 1. The number of amides is 1. The van der Waals surface area contributed by atoms with Gasteiger partial charge in [-0.15, -0.1) is 0 Å². The SMILES string of the molecule is C=C1C=CC=C(NC(=O)CCC(=O)OC)/C1=N/c1ccccc1C. The molecule has 0 aliphatic heterocycles. The van der Waals surface area contributed by atoms with Crippen molar-refractivity contribution in [1.29, 1.82) is 0 Å². The number of hydrogen-bond acceptors (Lipinski definition) is 4. The second-order valence-corrected chi connectivity index (χ2v) is 5.34.